The molecule has 2 fully saturated rings. The van der Waals surface area contributed by atoms with Crippen molar-refractivity contribution in [1.29, 1.82) is 0 Å². The number of pyridine rings is 1. The lowest BCUT2D eigenvalue weighted by Gasteiger charge is -2.34. The van der Waals surface area contributed by atoms with E-state index in [1.807, 2.05) is 38.2 Å². The number of imidazole rings is 1. The van der Waals surface area contributed by atoms with E-state index in [2.05, 4.69) is 15.1 Å². The van der Waals surface area contributed by atoms with Gasteiger partial charge in [-0.05, 0) is 67.5 Å². The van der Waals surface area contributed by atoms with Crippen LogP contribution in [0.5, 0.6) is 0 Å². The third kappa shape index (κ3) is 4.91. The number of ether oxygens (including phenoxy) is 1. The number of aryl methyl sites for hydroxylation is 1. The van der Waals surface area contributed by atoms with Gasteiger partial charge in [-0.1, -0.05) is 18.6 Å². The molecule has 1 saturated heterocycles. The summed E-state index contributed by atoms with van der Waals surface area (Å²) < 4.78 is 50.7. The fraction of sp³-hybridized carbons (Fsp3) is 0.448. The van der Waals surface area contributed by atoms with Gasteiger partial charge in [-0.3, -0.25) is 19.0 Å². The summed E-state index contributed by atoms with van der Waals surface area (Å²) in [5.74, 6) is 0.536. The molecular formula is C29H32F3N5O2. The van der Waals surface area contributed by atoms with Crippen molar-refractivity contribution in [2.24, 2.45) is 5.92 Å². The minimum atomic E-state index is -4.60. The maximum absolute atomic E-state index is 14.2. The van der Waals surface area contributed by atoms with E-state index < -0.39 is 17.4 Å². The molecule has 206 valence electrons. The number of rotatable bonds is 6. The fourth-order valence-electron chi connectivity index (χ4n) is 6.02. The number of fused-ring (bicyclic) bond motifs is 1. The Balaban J connectivity index is 1.42. The van der Waals surface area contributed by atoms with Crippen LogP contribution in [0, 0.1) is 12.8 Å². The smallest absolute Gasteiger partial charge is 0.376 e. The summed E-state index contributed by atoms with van der Waals surface area (Å²) in [6, 6.07) is 8.75. The molecule has 4 aromatic rings. The van der Waals surface area contributed by atoms with Gasteiger partial charge < -0.3 is 4.74 Å². The summed E-state index contributed by atoms with van der Waals surface area (Å²) in [6.07, 6.45) is 3.44. The van der Waals surface area contributed by atoms with Gasteiger partial charge in [-0.2, -0.15) is 18.3 Å². The van der Waals surface area contributed by atoms with Gasteiger partial charge in [0, 0.05) is 43.6 Å². The largest absolute Gasteiger partial charge is 0.418 e. The van der Waals surface area contributed by atoms with E-state index in [1.165, 1.54) is 23.3 Å². The molecule has 2 atom stereocenters. The van der Waals surface area contributed by atoms with Crippen LogP contribution in [-0.4, -0.2) is 49.9 Å². The van der Waals surface area contributed by atoms with Crippen molar-refractivity contribution < 1.29 is 17.9 Å². The number of aromatic amines is 1. The van der Waals surface area contributed by atoms with Gasteiger partial charge in [-0.15, -0.1) is 0 Å². The van der Waals surface area contributed by atoms with E-state index in [-0.39, 0.29) is 17.5 Å². The number of nitrogens with one attached hydrogen (secondary N) is 1. The van der Waals surface area contributed by atoms with Gasteiger partial charge in [0.1, 0.15) is 0 Å². The molecule has 1 aliphatic heterocycles. The van der Waals surface area contributed by atoms with Crippen LogP contribution in [0.2, 0.25) is 0 Å². The Morgan fingerprint density at radius 1 is 1.21 bits per heavy atom. The third-order valence-electron chi connectivity index (χ3n) is 8.17. The Labute approximate surface area is 224 Å². The van der Waals surface area contributed by atoms with Crippen LogP contribution in [0.15, 0.2) is 53.7 Å². The second-order valence-electron chi connectivity index (χ2n) is 10.9. The summed E-state index contributed by atoms with van der Waals surface area (Å²) in [6.45, 7) is 6.06. The molecule has 0 bridgehead atoms. The molecule has 2 aliphatic rings. The first-order valence-electron chi connectivity index (χ1n) is 13.5. The fourth-order valence-corrected chi connectivity index (χ4v) is 6.02. The standard InChI is InChI=1S/C29H32F3N5O2/c1-18-13-33-34-27(18)26(21-5-3-6-21)22-7-4-8-23(12-22)36-17-25-24(29(30,31)32)11-20(16-37(25)28(36)38)15-35-9-10-39-19(2)14-35/h4,7-8,11-13,16-17,19,21,26H,3,5-6,9-10,14-15H2,1-2H3,(H,33,34)/t19-,26?/m1/s1. The Kier molecular flexibility index (Phi) is 6.63. The predicted octanol–water partition coefficient (Wildman–Crippen LogP) is 5.29. The normalized spacial score (nSPS) is 19.9. The Morgan fingerprint density at radius 2 is 2.03 bits per heavy atom. The predicted molar refractivity (Wildman–Crippen MR) is 141 cm³/mol. The van der Waals surface area contributed by atoms with Crippen molar-refractivity contribution in [1.82, 2.24) is 24.1 Å². The third-order valence-corrected chi connectivity index (χ3v) is 8.17. The molecule has 1 unspecified atom stereocenters. The van der Waals surface area contributed by atoms with E-state index in [4.69, 9.17) is 4.74 Å². The van der Waals surface area contributed by atoms with Crippen LogP contribution < -0.4 is 5.69 Å². The minimum Gasteiger partial charge on any atom is -0.376 e. The average Bonchev–Trinajstić information content (AvgIpc) is 3.43. The van der Waals surface area contributed by atoms with E-state index in [0.717, 1.165) is 34.1 Å². The number of alkyl halides is 3. The lowest BCUT2D eigenvalue weighted by molar-refractivity contribution is -0.136. The van der Waals surface area contributed by atoms with Gasteiger partial charge in [0.15, 0.2) is 0 Å². The van der Waals surface area contributed by atoms with Crippen LogP contribution in [0.4, 0.5) is 13.2 Å². The first-order valence-corrected chi connectivity index (χ1v) is 13.5. The highest BCUT2D eigenvalue weighted by Gasteiger charge is 2.35. The quantitative estimate of drug-likeness (QED) is 0.362. The van der Waals surface area contributed by atoms with Crippen molar-refractivity contribution in [3.63, 3.8) is 0 Å². The van der Waals surface area contributed by atoms with Gasteiger partial charge >= 0.3 is 11.9 Å². The second-order valence-corrected chi connectivity index (χ2v) is 10.9. The summed E-state index contributed by atoms with van der Waals surface area (Å²) in [4.78, 5) is 15.6. The number of halogens is 3. The van der Waals surface area contributed by atoms with Crippen LogP contribution in [-0.2, 0) is 17.5 Å². The molecule has 1 saturated carbocycles. The lowest BCUT2D eigenvalue weighted by atomic mass is 9.71. The first kappa shape index (κ1) is 25.9. The van der Waals surface area contributed by atoms with E-state index in [9.17, 15) is 18.0 Å². The lowest BCUT2D eigenvalue weighted by Crippen LogP contribution is -2.40. The van der Waals surface area contributed by atoms with Gasteiger partial charge in [0.25, 0.3) is 0 Å². The molecule has 3 aromatic heterocycles. The molecule has 1 aliphatic carbocycles. The summed E-state index contributed by atoms with van der Waals surface area (Å²) in [7, 11) is 0. The Bertz CT molecular complexity index is 1550. The summed E-state index contributed by atoms with van der Waals surface area (Å²) in [5, 5.41) is 7.37. The maximum Gasteiger partial charge on any atom is 0.418 e. The number of hydrogen-bond donors (Lipinski definition) is 1. The van der Waals surface area contributed by atoms with Crippen LogP contribution in [0.3, 0.4) is 0 Å². The number of hydrogen-bond acceptors (Lipinski definition) is 4. The molecule has 0 spiro atoms. The molecule has 0 radical (unpaired) electrons. The molecule has 6 rings (SSSR count). The zero-order chi connectivity index (χ0) is 27.3. The van der Waals surface area contributed by atoms with Crippen molar-refractivity contribution >= 4 is 5.52 Å². The van der Waals surface area contributed by atoms with Crippen LogP contribution in [0.25, 0.3) is 11.2 Å². The number of benzene rings is 1. The highest BCUT2D eigenvalue weighted by Crippen LogP contribution is 2.44. The van der Waals surface area contributed by atoms with E-state index in [0.29, 0.717) is 43.4 Å². The monoisotopic (exact) mass is 539 g/mol. The molecular weight excluding hydrogens is 507 g/mol. The van der Waals surface area contributed by atoms with Crippen molar-refractivity contribution in [2.75, 3.05) is 19.7 Å². The van der Waals surface area contributed by atoms with Crippen LogP contribution >= 0.6 is 0 Å². The number of nitrogens with zero attached hydrogens (tertiary/aromatic N) is 4. The van der Waals surface area contributed by atoms with Crippen molar-refractivity contribution in [3.05, 3.63) is 87.4 Å². The molecule has 7 nitrogen and oxygen atoms in total. The highest BCUT2D eigenvalue weighted by molar-refractivity contribution is 5.58. The number of aromatic nitrogens is 4. The minimum absolute atomic E-state index is 0.00922. The number of H-pyrrole nitrogens is 1. The zero-order valence-electron chi connectivity index (χ0n) is 22.0. The topological polar surface area (TPSA) is 67.6 Å². The van der Waals surface area contributed by atoms with Crippen molar-refractivity contribution in [3.8, 4) is 5.69 Å². The van der Waals surface area contributed by atoms with E-state index in [1.54, 1.807) is 12.3 Å². The maximum atomic E-state index is 14.2. The van der Waals surface area contributed by atoms with Gasteiger partial charge in [0.05, 0.1) is 35.7 Å². The van der Waals surface area contributed by atoms with Gasteiger partial charge in [-0.25, -0.2) is 4.79 Å². The van der Waals surface area contributed by atoms with Crippen molar-refractivity contribution in [2.45, 2.75) is 57.9 Å². The molecule has 1 aromatic carbocycles. The SMILES string of the molecule is Cc1cn[nH]c1C(c1cccc(-n2cc3c(C(F)(F)F)cc(CN4CCO[C@H](C)C4)cn3c2=O)c1)C1CCC1. The molecule has 0 amide bonds. The second kappa shape index (κ2) is 9.98. The zero-order valence-corrected chi connectivity index (χ0v) is 22.0. The summed E-state index contributed by atoms with van der Waals surface area (Å²) >= 11 is 0. The Hall–Kier alpha value is -3.37. The highest BCUT2D eigenvalue weighted by atomic mass is 19.4. The molecule has 10 heteroatoms. The molecule has 1 N–H and O–H groups in total. The molecule has 4 heterocycles. The van der Waals surface area contributed by atoms with Gasteiger partial charge in [0.2, 0.25) is 0 Å². The molecule has 39 heavy (non-hydrogen) atoms. The van der Waals surface area contributed by atoms with Crippen LogP contribution in [0.1, 0.15) is 60.1 Å². The average molecular weight is 540 g/mol. The van der Waals surface area contributed by atoms with E-state index >= 15 is 0 Å². The summed E-state index contributed by atoms with van der Waals surface area (Å²) in [5.41, 5.74) is 2.63. The first-order chi connectivity index (χ1) is 18.7. The number of morpholine rings is 1. The Morgan fingerprint density at radius 3 is 2.69 bits per heavy atom.